The maximum Gasteiger partial charge on any atom is 0.124 e. The number of ether oxygens (including phenoxy) is 1. The van der Waals surface area contributed by atoms with Gasteiger partial charge in [-0.15, -0.1) is 0 Å². The Bertz CT molecular complexity index is 473. The highest BCUT2D eigenvalue weighted by Crippen LogP contribution is 2.26. The molecule has 2 aliphatic rings. The van der Waals surface area contributed by atoms with Crippen molar-refractivity contribution < 1.29 is 9.13 Å². The Morgan fingerprint density at radius 3 is 2.71 bits per heavy atom. The molecule has 2 saturated heterocycles. The average Bonchev–Trinajstić information content (AvgIpc) is 3.01. The molecule has 3 nitrogen and oxygen atoms in total. The molecule has 3 rings (SSSR count). The smallest absolute Gasteiger partial charge is 0.124 e. The second kappa shape index (κ2) is 7.05. The molecule has 5 heteroatoms. The van der Waals surface area contributed by atoms with Gasteiger partial charge in [0.25, 0.3) is 0 Å². The third-order valence-electron chi connectivity index (χ3n) is 4.53. The fourth-order valence-electron chi connectivity index (χ4n) is 3.34. The maximum atomic E-state index is 13.2. The summed E-state index contributed by atoms with van der Waals surface area (Å²) in [5, 5.41) is 3.96. The van der Waals surface area contributed by atoms with Gasteiger partial charge in [0.05, 0.1) is 0 Å². The first-order chi connectivity index (χ1) is 10.2. The summed E-state index contributed by atoms with van der Waals surface area (Å²) in [6, 6.07) is 5.79. The number of rotatable bonds is 4. The molecule has 0 radical (unpaired) electrons. The van der Waals surface area contributed by atoms with Crippen LogP contribution in [0, 0.1) is 5.82 Å². The molecule has 2 fully saturated rings. The molecule has 0 saturated carbocycles. The molecular formula is C16H22ClFN2O. The van der Waals surface area contributed by atoms with E-state index in [2.05, 4.69) is 10.2 Å². The van der Waals surface area contributed by atoms with Crippen LogP contribution in [-0.2, 0) is 11.3 Å². The monoisotopic (exact) mass is 312 g/mol. The number of hydrogen-bond donors (Lipinski definition) is 1. The van der Waals surface area contributed by atoms with Crippen LogP contribution in [0.4, 0.5) is 4.39 Å². The van der Waals surface area contributed by atoms with Crippen molar-refractivity contribution >= 4 is 11.6 Å². The molecule has 0 unspecified atom stereocenters. The van der Waals surface area contributed by atoms with Gasteiger partial charge in [-0.25, -0.2) is 4.39 Å². The summed E-state index contributed by atoms with van der Waals surface area (Å²) >= 11 is 6.21. The van der Waals surface area contributed by atoms with E-state index in [1.165, 1.54) is 12.1 Å². The van der Waals surface area contributed by atoms with Crippen molar-refractivity contribution in [2.45, 2.75) is 37.9 Å². The van der Waals surface area contributed by atoms with Gasteiger partial charge in [-0.3, -0.25) is 4.90 Å². The van der Waals surface area contributed by atoms with E-state index in [4.69, 9.17) is 16.3 Å². The molecule has 0 spiro atoms. The number of nitrogens with zero attached hydrogens (tertiary/aromatic N) is 1. The van der Waals surface area contributed by atoms with E-state index in [0.29, 0.717) is 17.1 Å². The lowest BCUT2D eigenvalue weighted by atomic mass is 10.0. The minimum atomic E-state index is -0.274. The zero-order valence-corrected chi connectivity index (χ0v) is 12.9. The molecule has 1 N–H and O–H groups in total. The predicted octanol–water partition coefficient (Wildman–Crippen LogP) is 2.82. The van der Waals surface area contributed by atoms with Gasteiger partial charge in [0.15, 0.2) is 0 Å². The lowest BCUT2D eigenvalue weighted by Crippen LogP contribution is -2.46. The van der Waals surface area contributed by atoms with Crippen LogP contribution in [0.15, 0.2) is 18.2 Å². The van der Waals surface area contributed by atoms with Crippen LogP contribution in [-0.4, -0.2) is 43.3 Å². The summed E-state index contributed by atoms with van der Waals surface area (Å²) in [4.78, 5) is 2.54. The number of nitrogens with one attached hydrogen (secondary N) is 1. The van der Waals surface area contributed by atoms with Crippen molar-refractivity contribution in [2.24, 2.45) is 0 Å². The standard InChI is InChI=1S/C16H22ClFN2O/c17-16-9-13(18)2-1-12(16)11-20(15-3-6-19-10-15)14-4-7-21-8-5-14/h1-2,9,14-15,19H,3-8,10-11H2/t15-/m0/s1. The van der Waals surface area contributed by atoms with Gasteiger partial charge >= 0.3 is 0 Å². The average molecular weight is 313 g/mol. The lowest BCUT2D eigenvalue weighted by Gasteiger charge is -2.38. The molecule has 1 aromatic carbocycles. The van der Waals surface area contributed by atoms with E-state index in [0.717, 1.165) is 57.7 Å². The Balaban J connectivity index is 1.77. The van der Waals surface area contributed by atoms with Crippen LogP contribution < -0.4 is 5.32 Å². The van der Waals surface area contributed by atoms with Gasteiger partial charge in [0, 0.05) is 43.4 Å². The molecule has 0 bridgehead atoms. The van der Waals surface area contributed by atoms with Crippen LogP contribution in [0.5, 0.6) is 0 Å². The molecule has 0 aliphatic carbocycles. The third-order valence-corrected chi connectivity index (χ3v) is 4.88. The minimum absolute atomic E-state index is 0.274. The second-order valence-corrected chi connectivity index (χ2v) is 6.31. The largest absolute Gasteiger partial charge is 0.381 e. The van der Waals surface area contributed by atoms with E-state index < -0.39 is 0 Å². The number of benzene rings is 1. The highest BCUT2D eigenvalue weighted by molar-refractivity contribution is 6.31. The van der Waals surface area contributed by atoms with Crippen LogP contribution in [0.3, 0.4) is 0 Å². The van der Waals surface area contributed by atoms with E-state index in [9.17, 15) is 4.39 Å². The lowest BCUT2D eigenvalue weighted by molar-refractivity contribution is 0.0159. The molecule has 1 aromatic rings. The SMILES string of the molecule is Fc1ccc(CN(C2CCOCC2)[C@H]2CCNC2)c(Cl)c1. The maximum absolute atomic E-state index is 13.2. The summed E-state index contributed by atoms with van der Waals surface area (Å²) in [5.74, 6) is -0.274. The van der Waals surface area contributed by atoms with Gasteiger partial charge in [0.1, 0.15) is 5.82 Å². The van der Waals surface area contributed by atoms with Crippen LogP contribution >= 0.6 is 11.6 Å². The Kier molecular flexibility index (Phi) is 5.11. The molecule has 2 aliphatic heterocycles. The van der Waals surface area contributed by atoms with E-state index >= 15 is 0 Å². The highest BCUT2D eigenvalue weighted by Gasteiger charge is 2.30. The topological polar surface area (TPSA) is 24.5 Å². The van der Waals surface area contributed by atoms with Crippen molar-refractivity contribution in [3.63, 3.8) is 0 Å². The second-order valence-electron chi connectivity index (χ2n) is 5.90. The summed E-state index contributed by atoms with van der Waals surface area (Å²) in [7, 11) is 0. The van der Waals surface area contributed by atoms with Gasteiger partial charge in [-0.2, -0.15) is 0 Å². The predicted molar refractivity (Wildman–Crippen MR) is 82.1 cm³/mol. The zero-order valence-electron chi connectivity index (χ0n) is 12.2. The van der Waals surface area contributed by atoms with Crippen LogP contribution in [0.25, 0.3) is 0 Å². The van der Waals surface area contributed by atoms with E-state index in [-0.39, 0.29) is 5.82 Å². The number of hydrogen-bond acceptors (Lipinski definition) is 3. The van der Waals surface area contributed by atoms with Crippen molar-refractivity contribution in [1.29, 1.82) is 0 Å². The van der Waals surface area contributed by atoms with Gasteiger partial charge in [-0.1, -0.05) is 17.7 Å². The molecular weight excluding hydrogens is 291 g/mol. The Hall–Kier alpha value is -0.680. The quantitative estimate of drug-likeness (QED) is 0.925. The first-order valence-corrected chi connectivity index (χ1v) is 8.10. The molecule has 1 atom stereocenters. The fraction of sp³-hybridized carbons (Fsp3) is 0.625. The Labute approximate surface area is 130 Å². The molecule has 0 amide bonds. The van der Waals surface area contributed by atoms with Crippen LogP contribution in [0.2, 0.25) is 5.02 Å². The van der Waals surface area contributed by atoms with Crippen molar-refractivity contribution in [1.82, 2.24) is 10.2 Å². The normalized spacial score (nSPS) is 23.9. The zero-order chi connectivity index (χ0) is 14.7. The third kappa shape index (κ3) is 3.75. The summed E-state index contributed by atoms with van der Waals surface area (Å²) in [6.07, 6.45) is 3.29. The first kappa shape index (κ1) is 15.2. The van der Waals surface area contributed by atoms with Crippen LogP contribution in [0.1, 0.15) is 24.8 Å². The van der Waals surface area contributed by atoms with Gasteiger partial charge in [0.2, 0.25) is 0 Å². The summed E-state index contributed by atoms with van der Waals surface area (Å²) in [6.45, 7) is 4.55. The van der Waals surface area contributed by atoms with Crippen molar-refractivity contribution in [2.75, 3.05) is 26.3 Å². The molecule has 2 heterocycles. The summed E-state index contributed by atoms with van der Waals surface area (Å²) < 4.78 is 18.7. The van der Waals surface area contributed by atoms with E-state index in [1.54, 1.807) is 0 Å². The Morgan fingerprint density at radius 2 is 2.05 bits per heavy atom. The van der Waals surface area contributed by atoms with E-state index in [1.807, 2.05) is 6.07 Å². The fourth-order valence-corrected chi connectivity index (χ4v) is 3.57. The minimum Gasteiger partial charge on any atom is -0.381 e. The molecule has 0 aromatic heterocycles. The highest BCUT2D eigenvalue weighted by atomic mass is 35.5. The number of halogens is 2. The van der Waals surface area contributed by atoms with Crippen molar-refractivity contribution in [3.05, 3.63) is 34.6 Å². The van der Waals surface area contributed by atoms with Crippen molar-refractivity contribution in [3.8, 4) is 0 Å². The molecule has 21 heavy (non-hydrogen) atoms. The van der Waals surface area contributed by atoms with Gasteiger partial charge < -0.3 is 10.1 Å². The molecule has 116 valence electrons. The Morgan fingerprint density at radius 1 is 1.24 bits per heavy atom. The summed E-state index contributed by atoms with van der Waals surface area (Å²) in [5.41, 5.74) is 1.01. The van der Waals surface area contributed by atoms with Gasteiger partial charge in [-0.05, 0) is 43.5 Å². The first-order valence-electron chi connectivity index (χ1n) is 7.72.